The second kappa shape index (κ2) is 7.40. The molecule has 1 aliphatic carbocycles. The molecule has 0 spiro atoms. The summed E-state index contributed by atoms with van der Waals surface area (Å²) in [5, 5.41) is 0. The van der Waals surface area contributed by atoms with Crippen LogP contribution in [0.1, 0.15) is 60.4 Å². The van der Waals surface area contributed by atoms with E-state index < -0.39 is 0 Å². The van der Waals surface area contributed by atoms with E-state index in [0.29, 0.717) is 18.8 Å². The van der Waals surface area contributed by atoms with Gasteiger partial charge in [0.15, 0.2) is 23.0 Å². The Kier molecular flexibility index (Phi) is 4.51. The summed E-state index contributed by atoms with van der Waals surface area (Å²) in [7, 11) is 3.49. The molecule has 2 aromatic rings. The summed E-state index contributed by atoms with van der Waals surface area (Å²) in [6, 6.07) is 8.89. The van der Waals surface area contributed by atoms with E-state index in [-0.39, 0.29) is 0 Å². The number of nitrogens with zero attached hydrogens (tertiary/aromatic N) is 1. The van der Waals surface area contributed by atoms with Crippen molar-refractivity contribution in [3.8, 4) is 23.0 Å². The SMILES string of the molecule is COc1ccc2c(c1OC)[C@H](C1CCCCC1)N1CCc3cc4c(cc3C1=C2)OCO4. The lowest BCUT2D eigenvalue weighted by molar-refractivity contribution is 0.166. The summed E-state index contributed by atoms with van der Waals surface area (Å²) in [6.07, 6.45) is 9.84. The van der Waals surface area contributed by atoms with E-state index in [2.05, 4.69) is 29.2 Å². The molecule has 0 radical (unpaired) electrons. The molecule has 5 nitrogen and oxygen atoms in total. The average molecular weight is 420 g/mol. The highest BCUT2D eigenvalue weighted by Crippen LogP contribution is 2.53. The molecule has 0 N–H and O–H groups in total. The molecule has 0 amide bonds. The summed E-state index contributed by atoms with van der Waals surface area (Å²) in [4.78, 5) is 2.63. The minimum atomic E-state index is 0.305. The standard InChI is InChI=1S/C26H29NO4/c1-28-21-9-8-18-12-20-19-14-23-22(30-15-31-23)13-17(19)10-11-27(20)25(24(18)26(21)29-2)16-6-4-3-5-7-16/h8-9,12-14,16,25H,3-7,10-11,15H2,1-2H3/t25-/m0/s1. The normalized spacial score (nSPS) is 21.7. The molecule has 3 aliphatic heterocycles. The van der Waals surface area contributed by atoms with Crippen molar-refractivity contribution in [1.29, 1.82) is 0 Å². The lowest BCUT2D eigenvalue weighted by Crippen LogP contribution is -2.39. The Morgan fingerprint density at radius 3 is 2.55 bits per heavy atom. The molecule has 6 rings (SSSR count). The second-order valence-corrected chi connectivity index (χ2v) is 8.98. The fourth-order valence-electron chi connectivity index (χ4n) is 6.04. The van der Waals surface area contributed by atoms with Crippen molar-refractivity contribution < 1.29 is 18.9 Å². The van der Waals surface area contributed by atoms with Crippen LogP contribution in [0.2, 0.25) is 0 Å². The van der Waals surface area contributed by atoms with Gasteiger partial charge in [-0.1, -0.05) is 25.3 Å². The molecule has 31 heavy (non-hydrogen) atoms. The van der Waals surface area contributed by atoms with Crippen LogP contribution in [0.25, 0.3) is 11.8 Å². The van der Waals surface area contributed by atoms with E-state index in [4.69, 9.17) is 18.9 Å². The van der Waals surface area contributed by atoms with Crippen molar-refractivity contribution in [2.45, 2.75) is 44.6 Å². The first-order valence-electron chi connectivity index (χ1n) is 11.4. The smallest absolute Gasteiger partial charge is 0.231 e. The van der Waals surface area contributed by atoms with E-state index in [0.717, 1.165) is 36.0 Å². The predicted molar refractivity (Wildman–Crippen MR) is 120 cm³/mol. The van der Waals surface area contributed by atoms with Crippen molar-refractivity contribution in [2.24, 2.45) is 5.92 Å². The fraction of sp³-hybridized carbons (Fsp3) is 0.462. The molecular weight excluding hydrogens is 390 g/mol. The number of hydrogen-bond acceptors (Lipinski definition) is 5. The van der Waals surface area contributed by atoms with Gasteiger partial charge in [-0.3, -0.25) is 0 Å². The average Bonchev–Trinajstić information content (AvgIpc) is 3.28. The van der Waals surface area contributed by atoms with E-state index in [1.807, 2.05) is 6.07 Å². The molecule has 0 bridgehead atoms. The van der Waals surface area contributed by atoms with E-state index in [9.17, 15) is 0 Å². The fourth-order valence-corrected chi connectivity index (χ4v) is 6.04. The van der Waals surface area contributed by atoms with Crippen LogP contribution in [0, 0.1) is 5.92 Å². The third-order valence-corrected chi connectivity index (χ3v) is 7.44. The molecule has 2 aromatic carbocycles. The highest BCUT2D eigenvalue weighted by atomic mass is 16.7. The maximum absolute atomic E-state index is 5.95. The van der Waals surface area contributed by atoms with Crippen LogP contribution in [0.15, 0.2) is 24.3 Å². The minimum Gasteiger partial charge on any atom is -0.493 e. The monoisotopic (exact) mass is 419 g/mol. The number of hydrogen-bond donors (Lipinski definition) is 0. The lowest BCUT2D eigenvalue weighted by atomic mass is 9.75. The molecule has 4 aliphatic rings. The Morgan fingerprint density at radius 1 is 0.968 bits per heavy atom. The van der Waals surface area contributed by atoms with E-state index in [1.165, 1.54) is 60.1 Å². The Balaban J connectivity index is 1.55. The summed E-state index contributed by atoms with van der Waals surface area (Å²) < 4.78 is 23.0. The molecule has 1 saturated carbocycles. The first-order valence-corrected chi connectivity index (χ1v) is 11.4. The Hall–Kier alpha value is -2.82. The first kappa shape index (κ1) is 18.9. The number of ether oxygens (including phenoxy) is 4. The zero-order chi connectivity index (χ0) is 20.9. The molecule has 1 atom stereocenters. The highest BCUT2D eigenvalue weighted by Gasteiger charge is 2.40. The van der Waals surface area contributed by atoms with Crippen molar-refractivity contribution in [1.82, 2.24) is 4.90 Å². The summed E-state index contributed by atoms with van der Waals surface area (Å²) in [6.45, 7) is 1.31. The minimum absolute atomic E-state index is 0.305. The van der Waals surface area contributed by atoms with Crippen LogP contribution in [0.4, 0.5) is 0 Å². The van der Waals surface area contributed by atoms with Gasteiger partial charge in [-0.25, -0.2) is 0 Å². The maximum atomic E-state index is 5.95. The summed E-state index contributed by atoms with van der Waals surface area (Å²) in [5.74, 6) is 4.06. The summed E-state index contributed by atoms with van der Waals surface area (Å²) in [5.41, 5.74) is 6.45. The van der Waals surface area contributed by atoms with Crippen LogP contribution < -0.4 is 18.9 Å². The van der Waals surface area contributed by atoms with Gasteiger partial charge >= 0.3 is 0 Å². The van der Waals surface area contributed by atoms with Crippen molar-refractivity contribution in [3.63, 3.8) is 0 Å². The van der Waals surface area contributed by atoms with Crippen LogP contribution >= 0.6 is 0 Å². The van der Waals surface area contributed by atoms with Crippen LogP contribution in [-0.4, -0.2) is 32.5 Å². The Morgan fingerprint density at radius 2 is 1.77 bits per heavy atom. The molecule has 5 heteroatoms. The zero-order valence-corrected chi connectivity index (χ0v) is 18.3. The molecule has 0 saturated heterocycles. The second-order valence-electron chi connectivity index (χ2n) is 8.98. The third kappa shape index (κ3) is 2.89. The number of rotatable bonds is 3. The van der Waals surface area contributed by atoms with Gasteiger partial charge in [-0.05, 0) is 60.6 Å². The van der Waals surface area contributed by atoms with Gasteiger partial charge in [0.2, 0.25) is 6.79 Å². The first-order chi connectivity index (χ1) is 15.3. The van der Waals surface area contributed by atoms with Crippen LogP contribution in [-0.2, 0) is 6.42 Å². The van der Waals surface area contributed by atoms with Gasteiger partial charge in [0.05, 0.1) is 20.3 Å². The van der Waals surface area contributed by atoms with Crippen molar-refractivity contribution in [2.75, 3.05) is 27.6 Å². The van der Waals surface area contributed by atoms with E-state index >= 15 is 0 Å². The van der Waals surface area contributed by atoms with Gasteiger partial charge in [0.25, 0.3) is 0 Å². The van der Waals surface area contributed by atoms with Crippen molar-refractivity contribution >= 4 is 11.8 Å². The van der Waals surface area contributed by atoms with Crippen molar-refractivity contribution in [3.05, 3.63) is 46.5 Å². The largest absolute Gasteiger partial charge is 0.493 e. The van der Waals surface area contributed by atoms with Gasteiger partial charge < -0.3 is 23.8 Å². The predicted octanol–water partition coefficient (Wildman–Crippen LogP) is 5.42. The molecular formula is C26H29NO4. The van der Waals surface area contributed by atoms with Gasteiger partial charge in [-0.15, -0.1) is 0 Å². The number of fused-ring (bicyclic) bond motifs is 5. The number of benzene rings is 2. The van der Waals surface area contributed by atoms with Crippen LogP contribution in [0.5, 0.6) is 23.0 Å². The molecule has 0 aromatic heterocycles. The Bertz CT molecular complexity index is 1050. The molecule has 3 heterocycles. The van der Waals surface area contributed by atoms with Gasteiger partial charge in [0.1, 0.15) is 0 Å². The van der Waals surface area contributed by atoms with Gasteiger partial charge in [0, 0.05) is 23.4 Å². The lowest BCUT2D eigenvalue weighted by Gasteiger charge is -2.47. The molecule has 0 unspecified atom stereocenters. The third-order valence-electron chi connectivity index (χ3n) is 7.44. The molecule has 1 fully saturated rings. The quantitative estimate of drug-likeness (QED) is 0.664. The van der Waals surface area contributed by atoms with Gasteiger partial charge in [-0.2, -0.15) is 0 Å². The zero-order valence-electron chi connectivity index (χ0n) is 18.3. The Labute approximate surface area is 183 Å². The topological polar surface area (TPSA) is 40.2 Å². The highest BCUT2D eigenvalue weighted by molar-refractivity contribution is 5.88. The van der Waals surface area contributed by atoms with Crippen LogP contribution in [0.3, 0.4) is 0 Å². The van der Waals surface area contributed by atoms with E-state index in [1.54, 1.807) is 14.2 Å². The number of methoxy groups -OCH3 is 2. The molecule has 162 valence electrons. The maximum Gasteiger partial charge on any atom is 0.231 e. The summed E-state index contributed by atoms with van der Waals surface area (Å²) >= 11 is 0.